The molecule has 2 saturated carbocycles. The maximum atomic E-state index is 13.8. The third-order valence-electron chi connectivity index (χ3n) is 8.65. The number of allylic oxidation sites excluding steroid dienone is 1. The first-order chi connectivity index (χ1) is 19.6. The summed E-state index contributed by atoms with van der Waals surface area (Å²) in [6, 6.07) is 6.14. The van der Waals surface area contributed by atoms with Gasteiger partial charge in [-0.1, -0.05) is 54.8 Å². The van der Waals surface area contributed by atoms with Gasteiger partial charge in [0, 0.05) is 12.5 Å². The Kier molecular flexibility index (Phi) is 8.54. The highest BCUT2D eigenvalue weighted by Crippen LogP contribution is 2.46. The maximum absolute atomic E-state index is 13.8. The Labute approximate surface area is 241 Å². The SMILES string of the molecule is Cc1ccc(CC(=O)NC2CCCCC/C=C\[C@@H]3C[C@@]3(C(=O)NS(=O)(=O)C3CC3)NC(=O)C3CCCN3C2=O)cc1. The summed E-state index contributed by atoms with van der Waals surface area (Å²) in [6.07, 6.45) is 10.1. The highest BCUT2D eigenvalue weighted by atomic mass is 32.2. The lowest BCUT2D eigenvalue weighted by Gasteiger charge is -2.30. The van der Waals surface area contributed by atoms with Crippen LogP contribution in [0.5, 0.6) is 0 Å². The van der Waals surface area contributed by atoms with E-state index in [1.54, 1.807) is 0 Å². The van der Waals surface area contributed by atoms with Gasteiger partial charge in [-0.3, -0.25) is 23.9 Å². The van der Waals surface area contributed by atoms with Crippen molar-refractivity contribution in [3.63, 3.8) is 0 Å². The normalized spacial score (nSPS) is 29.7. The molecule has 1 aromatic rings. The summed E-state index contributed by atoms with van der Waals surface area (Å²) in [5.41, 5.74) is 0.601. The number of aryl methyl sites for hydroxylation is 1. The summed E-state index contributed by atoms with van der Waals surface area (Å²) in [4.78, 5) is 55.1. The van der Waals surface area contributed by atoms with Crippen molar-refractivity contribution in [3.8, 4) is 0 Å². The van der Waals surface area contributed by atoms with Crippen LogP contribution >= 0.6 is 0 Å². The Morgan fingerprint density at radius 2 is 1.78 bits per heavy atom. The molecule has 4 amide bonds. The van der Waals surface area contributed by atoms with Crippen molar-refractivity contribution in [1.82, 2.24) is 20.3 Å². The van der Waals surface area contributed by atoms with Gasteiger partial charge < -0.3 is 15.5 Å². The maximum Gasteiger partial charge on any atom is 0.259 e. The van der Waals surface area contributed by atoms with E-state index in [0.29, 0.717) is 45.1 Å². The smallest absolute Gasteiger partial charge is 0.259 e. The fourth-order valence-corrected chi connectivity index (χ4v) is 7.28. The van der Waals surface area contributed by atoms with E-state index in [2.05, 4.69) is 15.4 Å². The van der Waals surface area contributed by atoms with Crippen LogP contribution in [0.25, 0.3) is 0 Å². The monoisotopic (exact) mass is 584 g/mol. The van der Waals surface area contributed by atoms with Gasteiger partial charge in [0.2, 0.25) is 27.7 Å². The average molecular weight is 585 g/mol. The third-order valence-corrected chi connectivity index (χ3v) is 10.5. The summed E-state index contributed by atoms with van der Waals surface area (Å²) in [7, 11) is -3.78. The number of carbonyl (C=O) groups is 4. The van der Waals surface area contributed by atoms with Crippen molar-refractivity contribution in [2.24, 2.45) is 5.92 Å². The van der Waals surface area contributed by atoms with E-state index >= 15 is 0 Å². The Morgan fingerprint density at radius 1 is 1.02 bits per heavy atom. The van der Waals surface area contributed by atoms with Crippen LogP contribution < -0.4 is 15.4 Å². The second-order valence-electron chi connectivity index (χ2n) is 12.0. The number of nitrogens with one attached hydrogen (secondary N) is 3. The van der Waals surface area contributed by atoms with Gasteiger partial charge in [-0.15, -0.1) is 0 Å². The molecule has 10 nitrogen and oxygen atoms in total. The predicted octanol–water partition coefficient (Wildman–Crippen LogP) is 2.02. The molecule has 4 aliphatic rings. The minimum Gasteiger partial charge on any atom is -0.344 e. The summed E-state index contributed by atoms with van der Waals surface area (Å²) in [6.45, 7) is 2.35. The number of benzene rings is 1. The van der Waals surface area contributed by atoms with Crippen molar-refractivity contribution in [2.75, 3.05) is 6.54 Å². The highest BCUT2D eigenvalue weighted by molar-refractivity contribution is 7.91. The molecule has 41 heavy (non-hydrogen) atoms. The fraction of sp³-hybridized carbons (Fsp3) is 0.600. The van der Waals surface area contributed by atoms with Crippen LogP contribution in [-0.2, 0) is 35.6 Å². The van der Waals surface area contributed by atoms with E-state index in [-0.39, 0.29) is 24.2 Å². The number of rotatable bonds is 6. The van der Waals surface area contributed by atoms with Crippen LogP contribution in [0.4, 0.5) is 0 Å². The van der Waals surface area contributed by atoms with E-state index in [1.165, 1.54) is 4.90 Å². The Bertz CT molecular complexity index is 1320. The van der Waals surface area contributed by atoms with Crippen LogP contribution in [-0.4, -0.2) is 66.4 Å². The second kappa shape index (κ2) is 12.0. The molecule has 3 N–H and O–H groups in total. The second-order valence-corrected chi connectivity index (χ2v) is 13.9. The van der Waals surface area contributed by atoms with E-state index in [0.717, 1.165) is 36.8 Å². The van der Waals surface area contributed by atoms with Crippen LogP contribution in [0.1, 0.15) is 75.3 Å². The fourth-order valence-electron chi connectivity index (χ4n) is 5.91. The minimum absolute atomic E-state index is 0.154. The van der Waals surface area contributed by atoms with Gasteiger partial charge in [-0.2, -0.15) is 0 Å². The van der Waals surface area contributed by atoms with Gasteiger partial charge in [0.15, 0.2) is 0 Å². The molecule has 1 aromatic carbocycles. The molecule has 4 atom stereocenters. The summed E-state index contributed by atoms with van der Waals surface area (Å²) < 4.78 is 27.2. The van der Waals surface area contributed by atoms with Crippen molar-refractivity contribution in [3.05, 3.63) is 47.5 Å². The molecular formula is C30H40N4O6S. The van der Waals surface area contributed by atoms with E-state index in [1.807, 2.05) is 43.3 Å². The molecule has 2 unspecified atom stereocenters. The zero-order chi connectivity index (χ0) is 29.2. The van der Waals surface area contributed by atoms with Crippen molar-refractivity contribution < 1.29 is 27.6 Å². The van der Waals surface area contributed by atoms with Gasteiger partial charge in [-0.25, -0.2) is 8.42 Å². The number of nitrogens with zero attached hydrogens (tertiary/aromatic N) is 1. The van der Waals surface area contributed by atoms with Gasteiger partial charge in [0.05, 0.1) is 11.7 Å². The predicted molar refractivity (Wildman–Crippen MR) is 153 cm³/mol. The molecule has 0 radical (unpaired) electrons. The lowest BCUT2D eigenvalue weighted by Crippen LogP contribution is -2.58. The Balaban J connectivity index is 1.32. The average Bonchev–Trinajstić information content (AvgIpc) is 3.84. The van der Waals surface area contributed by atoms with Gasteiger partial charge in [0.25, 0.3) is 5.91 Å². The van der Waals surface area contributed by atoms with Gasteiger partial charge in [0.1, 0.15) is 17.6 Å². The van der Waals surface area contributed by atoms with E-state index in [4.69, 9.17) is 0 Å². The van der Waals surface area contributed by atoms with Crippen LogP contribution in [0.15, 0.2) is 36.4 Å². The molecule has 222 valence electrons. The first kappa shape index (κ1) is 29.3. The number of hydrogen-bond acceptors (Lipinski definition) is 6. The molecule has 11 heteroatoms. The Morgan fingerprint density at radius 3 is 2.51 bits per heavy atom. The van der Waals surface area contributed by atoms with E-state index in [9.17, 15) is 27.6 Å². The molecule has 5 rings (SSSR count). The standard InChI is InChI=1S/C30H40N4O6S/c1-20-11-13-21(14-12-20)18-26(35)31-24-9-6-4-2-3-5-8-22-19-30(22,29(38)33-41(39,40)23-15-16-23)32-27(36)25-10-7-17-34(25)28(24)37/h5,8,11-14,22-25H,2-4,6-7,9-10,15-19H2,1H3,(H,31,35)(H,32,36)(H,33,38)/b8-5-/t22-,24?,25?,30-/m1/s1. The van der Waals surface area contributed by atoms with Crippen molar-refractivity contribution >= 4 is 33.7 Å². The molecule has 1 saturated heterocycles. The first-order valence-electron chi connectivity index (χ1n) is 14.8. The third kappa shape index (κ3) is 6.82. The molecule has 0 spiro atoms. The Hall–Kier alpha value is -3.21. The van der Waals surface area contributed by atoms with Gasteiger partial charge in [-0.05, 0) is 63.9 Å². The van der Waals surface area contributed by atoms with Gasteiger partial charge >= 0.3 is 0 Å². The highest BCUT2D eigenvalue weighted by Gasteiger charge is 2.61. The molecule has 2 aliphatic heterocycles. The summed E-state index contributed by atoms with van der Waals surface area (Å²) in [5.74, 6) is -2.04. The zero-order valence-electron chi connectivity index (χ0n) is 23.6. The van der Waals surface area contributed by atoms with Crippen LogP contribution in [0.2, 0.25) is 0 Å². The number of fused-ring (bicyclic) bond motifs is 2. The number of sulfonamides is 1. The molecule has 2 aliphatic carbocycles. The molecule has 0 aromatic heterocycles. The number of amides is 4. The zero-order valence-corrected chi connectivity index (χ0v) is 24.4. The lowest BCUT2D eigenvalue weighted by molar-refractivity contribution is -0.142. The summed E-state index contributed by atoms with van der Waals surface area (Å²) in [5, 5.41) is 5.22. The van der Waals surface area contributed by atoms with Crippen LogP contribution in [0.3, 0.4) is 0 Å². The lowest BCUT2D eigenvalue weighted by atomic mass is 10.0. The topological polar surface area (TPSA) is 142 Å². The first-order valence-corrected chi connectivity index (χ1v) is 16.3. The molecule has 2 heterocycles. The largest absolute Gasteiger partial charge is 0.344 e. The molecule has 0 bridgehead atoms. The van der Waals surface area contributed by atoms with E-state index < -0.39 is 44.7 Å². The minimum atomic E-state index is -3.78. The van der Waals surface area contributed by atoms with Crippen molar-refractivity contribution in [2.45, 2.75) is 100 Å². The number of carbonyl (C=O) groups excluding carboxylic acids is 4. The quantitative estimate of drug-likeness (QED) is 0.437. The van der Waals surface area contributed by atoms with Crippen LogP contribution in [0, 0.1) is 12.8 Å². The van der Waals surface area contributed by atoms with Crippen molar-refractivity contribution in [1.29, 1.82) is 0 Å². The molecular weight excluding hydrogens is 544 g/mol. The molecule has 3 fully saturated rings. The summed E-state index contributed by atoms with van der Waals surface area (Å²) >= 11 is 0. The number of hydrogen-bond donors (Lipinski definition) is 3.